The van der Waals surface area contributed by atoms with Gasteiger partial charge in [-0.2, -0.15) is 22.7 Å². The number of hydrogen-bond acceptors (Lipinski definition) is 8. The Balaban J connectivity index is 0.000000714. The number of nitrogens with one attached hydrogen (secondary N) is 5. The maximum Gasteiger partial charge on any atom is 0.411 e. The van der Waals surface area contributed by atoms with E-state index in [0.717, 1.165) is 60.6 Å². The number of aromatic nitrogens is 3. The van der Waals surface area contributed by atoms with E-state index >= 15 is 0 Å². The van der Waals surface area contributed by atoms with Gasteiger partial charge in [0.05, 0.1) is 0 Å². The third-order valence-corrected chi connectivity index (χ3v) is 10.4. The van der Waals surface area contributed by atoms with E-state index in [4.69, 9.17) is 10.8 Å². The summed E-state index contributed by atoms with van der Waals surface area (Å²) in [6.45, 7) is 4.60. The largest absolute Gasteiger partial charge is 0.477 e. The third kappa shape index (κ3) is 10.8. The van der Waals surface area contributed by atoms with Crippen LogP contribution in [0.4, 0.5) is 23.2 Å². The van der Waals surface area contributed by atoms with E-state index in [2.05, 4.69) is 31.3 Å². The van der Waals surface area contributed by atoms with Crippen LogP contribution in [0.5, 0.6) is 0 Å². The zero-order chi connectivity index (χ0) is 41.9. The molecule has 8 N–H and O–H groups in total. The highest BCUT2D eigenvalue weighted by Crippen LogP contribution is 2.42. The lowest BCUT2D eigenvalue weighted by molar-refractivity contribution is -0.231. The lowest BCUT2D eigenvalue weighted by atomic mass is 9.90. The van der Waals surface area contributed by atoms with Crippen molar-refractivity contribution in [3.8, 4) is 22.5 Å². The van der Waals surface area contributed by atoms with E-state index in [1.165, 1.54) is 56.4 Å². The number of alkyl halides is 4. The van der Waals surface area contributed by atoms with E-state index in [9.17, 15) is 36.7 Å². The molecule has 1 aliphatic carbocycles. The molecule has 0 spiro atoms. The second-order valence-electron chi connectivity index (χ2n) is 14.5. The number of aliphatic carboxylic acids is 1. The molecule has 3 amide bonds. The molecule has 2 heterocycles. The smallest absolute Gasteiger partial charge is 0.411 e. The Morgan fingerprint density at radius 1 is 0.931 bits per heavy atom. The number of aryl methyl sites for hydroxylation is 1. The number of benzene rings is 3. The number of halogens is 4. The first-order valence-electron chi connectivity index (χ1n) is 19.2. The van der Waals surface area contributed by atoms with Gasteiger partial charge in [0.15, 0.2) is 5.82 Å². The molecule has 0 radical (unpaired) electrons. The molecule has 310 valence electrons. The molecule has 1 saturated carbocycles. The minimum Gasteiger partial charge on any atom is -0.477 e. The molecule has 13 nitrogen and oxygen atoms in total. The average molecular weight is 809 g/mol. The summed E-state index contributed by atoms with van der Waals surface area (Å²) in [5.41, 5.74) is 9.96. The first-order valence-corrected chi connectivity index (χ1v) is 19.2. The molecule has 0 unspecified atom stereocenters. The fourth-order valence-electron chi connectivity index (χ4n) is 6.90. The van der Waals surface area contributed by atoms with Crippen molar-refractivity contribution in [3.05, 3.63) is 89.2 Å². The predicted octanol–water partition coefficient (Wildman–Crippen LogP) is 5.56. The number of hydrogen-bond donors (Lipinski definition) is 7. The van der Waals surface area contributed by atoms with Crippen LogP contribution < -0.4 is 27.0 Å². The highest BCUT2D eigenvalue weighted by Gasteiger charge is 2.65. The maximum atomic E-state index is 14.1. The average Bonchev–Trinajstić information content (AvgIpc) is 3.74. The lowest BCUT2D eigenvalue weighted by Crippen LogP contribution is -2.45. The molecular weight excluding hydrogens is 760 g/mol. The number of amides is 3. The maximum absolute atomic E-state index is 14.1. The van der Waals surface area contributed by atoms with Crippen LogP contribution in [-0.4, -0.2) is 82.1 Å². The summed E-state index contributed by atoms with van der Waals surface area (Å²) in [4.78, 5) is 51.1. The monoisotopic (exact) mass is 808 g/mol. The number of anilines is 1. The molecule has 0 bridgehead atoms. The van der Waals surface area contributed by atoms with Gasteiger partial charge in [-0.3, -0.25) is 19.5 Å². The minimum atomic E-state index is -5.43. The van der Waals surface area contributed by atoms with Gasteiger partial charge in [-0.05, 0) is 117 Å². The molecular formula is C41H48F4N8O5. The number of carbonyl (C=O) groups excluding carboxylic acids is 3. The molecule has 1 aromatic heterocycles. The summed E-state index contributed by atoms with van der Waals surface area (Å²) in [7, 11) is 0. The van der Waals surface area contributed by atoms with Gasteiger partial charge >= 0.3 is 17.8 Å². The van der Waals surface area contributed by atoms with Crippen molar-refractivity contribution in [3.63, 3.8) is 0 Å². The second kappa shape index (κ2) is 19.7. The van der Waals surface area contributed by atoms with Crippen molar-refractivity contribution in [1.29, 1.82) is 0 Å². The van der Waals surface area contributed by atoms with Crippen LogP contribution >= 0.6 is 0 Å². The summed E-state index contributed by atoms with van der Waals surface area (Å²) in [5.74, 6) is -15.4. The van der Waals surface area contributed by atoms with Gasteiger partial charge in [0, 0.05) is 29.3 Å². The summed E-state index contributed by atoms with van der Waals surface area (Å²) >= 11 is 0. The van der Waals surface area contributed by atoms with Crippen LogP contribution in [-0.2, 0) is 26.7 Å². The molecule has 17 heteroatoms. The van der Waals surface area contributed by atoms with Crippen LogP contribution in [0.25, 0.3) is 22.5 Å². The molecule has 1 saturated heterocycles. The summed E-state index contributed by atoms with van der Waals surface area (Å²) in [6, 6.07) is 17.6. The molecule has 2 fully saturated rings. The van der Waals surface area contributed by atoms with Crippen LogP contribution in [0, 0.1) is 12.8 Å². The highest BCUT2D eigenvalue weighted by atomic mass is 19.3. The quantitative estimate of drug-likeness (QED) is 0.0629. The van der Waals surface area contributed by atoms with Crippen molar-refractivity contribution in [2.75, 3.05) is 25.0 Å². The van der Waals surface area contributed by atoms with Crippen molar-refractivity contribution < 1.29 is 41.8 Å². The first-order chi connectivity index (χ1) is 27.7. The first kappa shape index (κ1) is 43.4. The zero-order valence-electron chi connectivity index (χ0n) is 32.0. The summed E-state index contributed by atoms with van der Waals surface area (Å²) in [5, 5.41) is 25.1. The van der Waals surface area contributed by atoms with Crippen LogP contribution in [0.3, 0.4) is 0 Å². The number of carbonyl (C=O) groups is 4. The van der Waals surface area contributed by atoms with Gasteiger partial charge in [0.25, 0.3) is 5.91 Å². The Morgan fingerprint density at radius 3 is 2.17 bits per heavy atom. The highest BCUT2D eigenvalue weighted by molar-refractivity contribution is 5.96. The Bertz CT molecular complexity index is 2020. The topological polar surface area (TPSA) is 204 Å². The standard InChI is InChI=1S/C34H33F4N7O5.C7H15N/c1-19-16-23(29(47)41-25-12-14-39-15-13-25)8-11-26(19)21-4-2-20(3-5-21)17-27(40-18-46)30(48)42-24-9-6-22(7-10-24)28-43-31(45-44-28)33(35,36)34(37,38)32(49)50;8-6-7-4-2-1-3-5-7/h2-11,16,18,25,27,39H,12-15,17H2,1H3,(H,40,46)(H,41,47)(H,42,48)(H,49,50)(H,43,44,45);7H,1-6,8H2/t27-;/m0./s1. The van der Waals surface area contributed by atoms with Crippen molar-refractivity contribution in [1.82, 2.24) is 31.1 Å². The Labute approximate surface area is 333 Å². The number of carboxylic acids is 1. The molecule has 6 rings (SSSR count). The van der Waals surface area contributed by atoms with E-state index in [1.807, 2.05) is 43.3 Å². The van der Waals surface area contributed by atoms with Gasteiger partial charge < -0.3 is 32.1 Å². The van der Waals surface area contributed by atoms with Crippen LogP contribution in [0.1, 0.15) is 72.3 Å². The number of aromatic amines is 1. The van der Waals surface area contributed by atoms with E-state index in [-0.39, 0.29) is 29.6 Å². The Morgan fingerprint density at radius 2 is 1.59 bits per heavy atom. The van der Waals surface area contributed by atoms with Crippen molar-refractivity contribution >= 4 is 29.9 Å². The molecule has 2 aliphatic rings. The van der Waals surface area contributed by atoms with Gasteiger partial charge in [0.1, 0.15) is 6.04 Å². The normalized spacial score (nSPS) is 15.7. The SMILES string of the molecule is Cc1cc(C(=O)NC2CCNCC2)ccc1-c1ccc(C[C@H](NC=O)C(=O)Nc2ccc(-c3n[nH]c(C(F)(F)C(F)(F)C(=O)O)n3)cc2)cc1.NCC1CCCCC1. The molecule has 3 aromatic carbocycles. The fourth-order valence-corrected chi connectivity index (χ4v) is 6.90. The second-order valence-corrected chi connectivity index (χ2v) is 14.5. The van der Waals surface area contributed by atoms with Gasteiger partial charge in [-0.1, -0.05) is 49.6 Å². The number of H-pyrrole nitrogens is 1. The Hall–Kier alpha value is -5.68. The minimum absolute atomic E-state index is 0.105. The number of rotatable bonds is 14. The molecule has 58 heavy (non-hydrogen) atoms. The van der Waals surface area contributed by atoms with E-state index in [1.54, 1.807) is 11.2 Å². The van der Waals surface area contributed by atoms with Crippen LogP contribution in [0.15, 0.2) is 66.7 Å². The third-order valence-electron chi connectivity index (χ3n) is 10.4. The molecule has 1 atom stereocenters. The molecule has 4 aromatic rings. The lowest BCUT2D eigenvalue weighted by Gasteiger charge is -2.23. The molecule has 1 aliphatic heterocycles. The summed E-state index contributed by atoms with van der Waals surface area (Å²) in [6.07, 6.45) is 9.37. The zero-order valence-corrected chi connectivity index (χ0v) is 32.0. The fraction of sp³-hybridized carbons (Fsp3) is 0.415. The number of carboxylic acid groups (broad SMARTS) is 1. The van der Waals surface area contributed by atoms with Crippen LogP contribution in [0.2, 0.25) is 0 Å². The van der Waals surface area contributed by atoms with Gasteiger partial charge in [-0.15, -0.1) is 0 Å². The summed E-state index contributed by atoms with van der Waals surface area (Å²) < 4.78 is 55.2. The van der Waals surface area contributed by atoms with E-state index < -0.39 is 41.4 Å². The van der Waals surface area contributed by atoms with E-state index in [0.29, 0.717) is 12.0 Å². The number of nitrogens with two attached hydrogens (primary N) is 1. The van der Waals surface area contributed by atoms with Gasteiger partial charge in [-0.25, -0.2) is 9.78 Å². The number of piperidine rings is 1. The van der Waals surface area contributed by atoms with Crippen molar-refractivity contribution in [2.45, 2.75) is 82.2 Å². The van der Waals surface area contributed by atoms with Gasteiger partial charge in [0.2, 0.25) is 18.1 Å². The van der Waals surface area contributed by atoms with Crippen molar-refractivity contribution in [2.24, 2.45) is 11.7 Å². The predicted molar refractivity (Wildman–Crippen MR) is 209 cm³/mol. The number of nitrogens with zero attached hydrogens (tertiary/aromatic N) is 2. The Kier molecular flexibility index (Phi) is 14.7.